The topological polar surface area (TPSA) is 551 Å². The zero-order valence-electron chi connectivity index (χ0n) is 29.1. The molecule has 0 saturated heterocycles. The van der Waals surface area contributed by atoms with Gasteiger partial charge in [0, 0.05) is 0 Å². The standard InChI is InChI=1S/3C6H12O6.2C5H10O5/c3*7-1-3(9)5(11)6(12)4(10)2-8;2*6-1-3(8)5(10)4(9)2-7/h3*1,3-6,8-12H,2H2;2*1,3-5,7-10H,2H2/t3-,4+,5+,6+;3-,4+,5+,6-;3-,4-,5-,6-;3-,4+,5+;3-,4-,5+/m00101/s1. The molecule has 0 aromatic heterocycles. The van der Waals surface area contributed by atoms with E-state index in [0.29, 0.717) is 0 Å². The van der Waals surface area contributed by atoms with Crippen molar-refractivity contribution in [3.8, 4) is 0 Å². The molecule has 0 aliphatic heterocycles. The minimum atomic E-state index is -1.79. The second kappa shape index (κ2) is 36.7. The van der Waals surface area contributed by atoms with Gasteiger partial charge in [0.25, 0.3) is 0 Å². The maximum absolute atomic E-state index is 9.90. The molecule has 0 aliphatic rings. The van der Waals surface area contributed by atoms with E-state index in [9.17, 15) is 24.0 Å². The van der Waals surface area contributed by atoms with E-state index in [1.54, 1.807) is 0 Å². The van der Waals surface area contributed by atoms with Gasteiger partial charge in [-0.25, -0.2) is 0 Å². The highest BCUT2D eigenvalue weighted by molar-refractivity contribution is 5.58. The largest absolute Gasteiger partial charge is 0.394 e. The van der Waals surface area contributed by atoms with Crippen LogP contribution in [0, 0.1) is 0 Å². The maximum Gasteiger partial charge on any atom is 0.151 e. The van der Waals surface area contributed by atoms with Gasteiger partial charge in [0.2, 0.25) is 0 Å². The van der Waals surface area contributed by atoms with Crippen LogP contribution in [0.3, 0.4) is 0 Å². The molecule has 0 aromatic carbocycles. The number of aliphatic hydroxyl groups excluding tert-OH is 23. The molecule has 0 radical (unpaired) electrons. The fourth-order valence-corrected chi connectivity index (χ4v) is 2.69. The van der Waals surface area contributed by atoms with Gasteiger partial charge >= 0.3 is 0 Å². The van der Waals surface area contributed by atoms with Gasteiger partial charge < -0.3 is 141 Å². The Hall–Kier alpha value is -2.57. The van der Waals surface area contributed by atoms with Crippen LogP contribution in [0.15, 0.2) is 0 Å². The molecule has 28 nitrogen and oxygen atoms in total. The third-order valence-electron chi connectivity index (χ3n) is 6.40. The van der Waals surface area contributed by atoms with Crippen molar-refractivity contribution in [2.75, 3.05) is 33.0 Å². The van der Waals surface area contributed by atoms with Crippen molar-refractivity contribution in [1.82, 2.24) is 0 Å². The molecule has 336 valence electrons. The average Bonchev–Trinajstić information content (AvgIpc) is 3.24. The first-order valence-electron chi connectivity index (χ1n) is 15.4. The van der Waals surface area contributed by atoms with Crippen LogP contribution < -0.4 is 0 Å². The van der Waals surface area contributed by atoms with Crippen LogP contribution in [0.5, 0.6) is 0 Å². The number of hydrogen-bond donors (Lipinski definition) is 23. The Morgan fingerprint density at radius 3 is 0.482 bits per heavy atom. The van der Waals surface area contributed by atoms with Gasteiger partial charge in [-0.2, -0.15) is 0 Å². The predicted molar refractivity (Wildman–Crippen MR) is 174 cm³/mol. The van der Waals surface area contributed by atoms with Gasteiger partial charge in [-0.1, -0.05) is 0 Å². The summed E-state index contributed by atoms with van der Waals surface area (Å²) in [5.41, 5.74) is 0. The lowest BCUT2D eigenvalue weighted by Crippen LogP contribution is -2.46. The predicted octanol–water partition coefficient (Wildman–Crippen LogP) is -15.6. The van der Waals surface area contributed by atoms with E-state index in [0.717, 1.165) is 0 Å². The monoisotopic (exact) mass is 840 g/mol. The molecule has 0 bridgehead atoms. The molecule has 0 unspecified atom stereocenters. The van der Waals surface area contributed by atoms with Gasteiger partial charge in [0.05, 0.1) is 33.0 Å². The zero-order chi connectivity index (χ0) is 45.5. The molecule has 0 saturated carbocycles. The molecule has 0 spiro atoms. The van der Waals surface area contributed by atoms with Crippen LogP contribution in [0.2, 0.25) is 0 Å². The molecule has 18 atom stereocenters. The summed E-state index contributed by atoms with van der Waals surface area (Å²) in [6, 6.07) is 0. The Morgan fingerprint density at radius 2 is 0.357 bits per heavy atom. The van der Waals surface area contributed by atoms with E-state index in [-0.39, 0.29) is 31.4 Å². The molecule has 23 N–H and O–H groups in total. The van der Waals surface area contributed by atoms with E-state index in [1.165, 1.54) is 0 Å². The van der Waals surface area contributed by atoms with Gasteiger partial charge in [-0.05, 0) is 0 Å². The minimum absolute atomic E-state index is 0.0258. The Bertz CT molecular complexity index is 863. The lowest BCUT2D eigenvalue weighted by Gasteiger charge is -2.22. The van der Waals surface area contributed by atoms with E-state index in [1.807, 2.05) is 0 Å². The molecule has 0 amide bonds. The molecule has 0 aliphatic carbocycles. The highest BCUT2D eigenvalue weighted by Gasteiger charge is 2.31. The summed E-state index contributed by atoms with van der Waals surface area (Å²) in [6.45, 7) is -3.66. The summed E-state index contributed by atoms with van der Waals surface area (Å²) in [5, 5.41) is 199. The van der Waals surface area contributed by atoms with E-state index >= 15 is 0 Å². The Labute approximate surface area is 316 Å². The van der Waals surface area contributed by atoms with Crippen molar-refractivity contribution in [2.24, 2.45) is 0 Å². The Morgan fingerprint density at radius 1 is 0.232 bits per heavy atom. The fraction of sp³-hybridized carbons (Fsp3) is 0.821. The van der Waals surface area contributed by atoms with Gasteiger partial charge in [-0.3, -0.25) is 0 Å². The van der Waals surface area contributed by atoms with Crippen LogP contribution in [0.4, 0.5) is 0 Å². The maximum atomic E-state index is 9.90. The van der Waals surface area contributed by atoms with Gasteiger partial charge in [0.15, 0.2) is 31.4 Å². The van der Waals surface area contributed by atoms with Gasteiger partial charge in [-0.15, -0.1) is 0 Å². The molecular formula is C28H56O28. The number of carbonyl (C=O) groups excluding carboxylic acids is 5. The average molecular weight is 841 g/mol. The number of aldehydes is 5. The number of aliphatic hydroxyl groups is 23. The molecule has 28 heteroatoms. The van der Waals surface area contributed by atoms with Crippen molar-refractivity contribution in [3.05, 3.63) is 0 Å². The molecule has 0 fully saturated rings. The number of hydrogen-bond acceptors (Lipinski definition) is 28. The second-order valence-electron chi connectivity index (χ2n) is 10.8. The first kappa shape index (κ1) is 62.6. The van der Waals surface area contributed by atoms with Crippen LogP contribution in [-0.4, -0.2) is 292 Å². The Kier molecular flexibility index (Phi) is 41.1. The van der Waals surface area contributed by atoms with E-state index in [4.69, 9.17) is 117 Å². The van der Waals surface area contributed by atoms with Crippen molar-refractivity contribution >= 4 is 31.4 Å². The van der Waals surface area contributed by atoms with Crippen LogP contribution in [0.1, 0.15) is 0 Å². The zero-order valence-corrected chi connectivity index (χ0v) is 29.1. The molecular weight excluding hydrogens is 784 g/mol. The lowest BCUT2D eigenvalue weighted by atomic mass is 10.0. The fourth-order valence-electron chi connectivity index (χ4n) is 2.69. The van der Waals surface area contributed by atoms with Crippen molar-refractivity contribution in [1.29, 1.82) is 0 Å². The normalized spacial score (nSPS) is 20.6. The third-order valence-corrected chi connectivity index (χ3v) is 6.40. The molecule has 56 heavy (non-hydrogen) atoms. The smallest absolute Gasteiger partial charge is 0.151 e. The summed E-state index contributed by atoms with van der Waals surface area (Å²) >= 11 is 0. The van der Waals surface area contributed by atoms with Crippen LogP contribution in [0.25, 0.3) is 0 Å². The summed E-state index contributed by atoms with van der Waals surface area (Å²) in [7, 11) is 0. The van der Waals surface area contributed by atoms with Crippen molar-refractivity contribution in [2.45, 2.75) is 110 Å². The van der Waals surface area contributed by atoms with Crippen molar-refractivity contribution < 1.29 is 141 Å². The Balaban J connectivity index is -0.000000194. The van der Waals surface area contributed by atoms with E-state index in [2.05, 4.69) is 0 Å². The molecule has 0 heterocycles. The summed E-state index contributed by atoms with van der Waals surface area (Å²) in [4.78, 5) is 49.2. The van der Waals surface area contributed by atoms with E-state index < -0.39 is 143 Å². The summed E-state index contributed by atoms with van der Waals surface area (Å²) < 4.78 is 0. The van der Waals surface area contributed by atoms with Crippen LogP contribution >= 0.6 is 0 Å². The quantitative estimate of drug-likeness (QED) is 0.0425. The number of carbonyl (C=O) groups is 5. The molecule has 0 rings (SSSR count). The number of rotatable bonds is 23. The minimum Gasteiger partial charge on any atom is -0.394 e. The third kappa shape index (κ3) is 27.1. The second-order valence-corrected chi connectivity index (χ2v) is 10.8. The highest BCUT2D eigenvalue weighted by atomic mass is 16.4. The summed E-state index contributed by atoms with van der Waals surface area (Å²) in [6.07, 6.45) is -29.8. The van der Waals surface area contributed by atoms with Crippen molar-refractivity contribution in [3.63, 3.8) is 0 Å². The van der Waals surface area contributed by atoms with Crippen LogP contribution in [-0.2, 0) is 24.0 Å². The lowest BCUT2D eigenvalue weighted by molar-refractivity contribution is -0.136. The SMILES string of the molecule is O=C[C@@H](O)[C@@H](O)[C@H](O)[C@H](O)CO.O=C[C@@H](O)[C@H](O)[C@H](O)CO.O=C[C@H](O)[C@@H](O)[C@@H](O)[C@H](O)CO.O=C[C@H](O)[C@@H](O)[C@H](O)CO.O=C[C@H](O)[C@@H](O)[C@H](O)[C@H](O)CO. The first-order chi connectivity index (χ1) is 25.9. The first-order valence-corrected chi connectivity index (χ1v) is 15.4. The summed E-state index contributed by atoms with van der Waals surface area (Å²) in [5.74, 6) is 0. The molecule has 0 aromatic rings. The highest BCUT2D eigenvalue weighted by Crippen LogP contribution is 2.05. The van der Waals surface area contributed by atoms with Gasteiger partial charge in [0.1, 0.15) is 110 Å².